The number of piperidine rings is 1. The fraction of sp³-hybridized carbons (Fsp3) is 0.429. The predicted molar refractivity (Wildman–Crippen MR) is 239 cm³/mol. The molecule has 4 aliphatic heterocycles. The molecule has 7 N–H and O–H groups in total. The van der Waals surface area contributed by atoms with Crippen LogP contribution < -0.4 is 27.4 Å². The molecule has 65 heavy (non-hydrogen) atoms. The van der Waals surface area contributed by atoms with Crippen LogP contribution in [0.25, 0.3) is 0 Å². The van der Waals surface area contributed by atoms with Crippen molar-refractivity contribution in [1.82, 2.24) is 30.7 Å². The standard InChI is InChI=1S/C49H56N8O8/c50-37-30-55(43(60)20-11-3-1-2-6-13-31-18-12-19-35-36(31)29-56(48(35)64)39-24-26-42(59)53-46(39)62)28-27-34-21-23-40(57(34)49(37)65)47(63)52-38(22-25-41(51)58)45(61)54-44(32-14-7-4-8-15-32)33-16-9-5-10-17-33/h4-5,7-10,12,14-19,34,37-40,44H,1-3,11,20-30,50H2,(H2,51,58)(H,52,63)(H,54,61)(H,53,59,62)/t34-,37?,38+,39?,40+/m1/s1. The van der Waals surface area contributed by atoms with Gasteiger partial charge in [-0.05, 0) is 73.8 Å². The van der Waals surface area contributed by atoms with Gasteiger partial charge in [0.1, 0.15) is 24.2 Å². The summed E-state index contributed by atoms with van der Waals surface area (Å²) in [5.41, 5.74) is 15.6. The first-order chi connectivity index (χ1) is 31.4. The number of nitrogens with two attached hydrogens (primary N) is 2. The van der Waals surface area contributed by atoms with Crippen molar-refractivity contribution in [2.45, 2.75) is 120 Å². The number of primary amides is 1. The van der Waals surface area contributed by atoms with E-state index in [1.807, 2.05) is 66.7 Å². The Labute approximate surface area is 378 Å². The molecule has 3 fully saturated rings. The number of imide groups is 1. The number of nitrogens with one attached hydrogen (secondary N) is 3. The second kappa shape index (κ2) is 21.2. The van der Waals surface area contributed by atoms with Crippen LogP contribution in [0.3, 0.4) is 0 Å². The van der Waals surface area contributed by atoms with Crippen LogP contribution in [0.1, 0.15) is 116 Å². The van der Waals surface area contributed by atoms with Crippen LogP contribution in [0.4, 0.5) is 0 Å². The largest absolute Gasteiger partial charge is 0.370 e. The van der Waals surface area contributed by atoms with E-state index in [1.54, 1.807) is 17.0 Å². The SMILES string of the molecule is NC(=O)CC[C@H](NC(=O)[C@@H]1CC[C@@H]2CCN(C(=O)CCCCCC#Cc3cccc4c3CN(C3CCC(=O)NC3=O)C4=O)CC(N)C(=O)N21)C(=O)NC(c1ccccc1)c1ccccc1. The molecule has 7 rings (SSSR count). The van der Waals surface area contributed by atoms with Gasteiger partial charge in [-0.2, -0.15) is 0 Å². The number of hydrogen-bond donors (Lipinski definition) is 5. The number of rotatable bonds is 15. The van der Waals surface area contributed by atoms with Crippen molar-refractivity contribution < 1.29 is 38.4 Å². The van der Waals surface area contributed by atoms with Crippen molar-refractivity contribution in [3.63, 3.8) is 0 Å². The Bertz CT molecular complexity index is 2330. The lowest BCUT2D eigenvalue weighted by Crippen LogP contribution is -2.60. The van der Waals surface area contributed by atoms with E-state index in [9.17, 15) is 38.4 Å². The Morgan fingerprint density at radius 3 is 2.23 bits per heavy atom. The number of carbonyl (C=O) groups is 8. The quantitative estimate of drug-likeness (QED) is 0.0855. The van der Waals surface area contributed by atoms with Crippen LogP contribution in [-0.2, 0) is 40.1 Å². The minimum atomic E-state index is -1.11. The summed E-state index contributed by atoms with van der Waals surface area (Å²) in [6, 6.07) is 19.5. The molecule has 4 heterocycles. The molecule has 16 nitrogen and oxygen atoms in total. The van der Waals surface area contributed by atoms with E-state index in [1.165, 1.54) is 9.80 Å². The van der Waals surface area contributed by atoms with Crippen LogP contribution in [-0.4, -0.2) is 105 Å². The number of nitrogens with zero attached hydrogens (tertiary/aromatic N) is 3. The lowest BCUT2D eigenvalue weighted by atomic mass is 9.98. The van der Waals surface area contributed by atoms with Crippen molar-refractivity contribution in [2.75, 3.05) is 13.1 Å². The highest BCUT2D eigenvalue weighted by Gasteiger charge is 2.45. The Kier molecular flexibility index (Phi) is 15.1. The van der Waals surface area contributed by atoms with Gasteiger partial charge < -0.3 is 36.8 Å². The van der Waals surface area contributed by atoms with Crippen LogP contribution in [0.15, 0.2) is 78.9 Å². The van der Waals surface area contributed by atoms with E-state index in [2.05, 4.69) is 27.8 Å². The second-order valence-electron chi connectivity index (χ2n) is 17.2. The predicted octanol–water partition coefficient (Wildman–Crippen LogP) is 2.32. The van der Waals surface area contributed by atoms with Crippen LogP contribution >= 0.6 is 0 Å². The minimum Gasteiger partial charge on any atom is -0.370 e. The molecule has 0 spiro atoms. The Hall–Kier alpha value is -6.86. The summed E-state index contributed by atoms with van der Waals surface area (Å²) >= 11 is 0. The molecule has 4 aliphatic rings. The van der Waals surface area contributed by atoms with Crippen molar-refractivity contribution in [3.8, 4) is 11.8 Å². The molecule has 3 saturated heterocycles. The molecule has 8 amide bonds. The topological polar surface area (TPSA) is 234 Å². The van der Waals surface area contributed by atoms with Gasteiger partial charge in [-0.15, -0.1) is 0 Å². The first-order valence-electron chi connectivity index (χ1n) is 22.5. The molecule has 0 radical (unpaired) electrons. The average Bonchev–Trinajstić information content (AvgIpc) is 3.88. The first-order valence-corrected chi connectivity index (χ1v) is 22.5. The highest BCUT2D eigenvalue weighted by molar-refractivity contribution is 6.05. The maximum Gasteiger partial charge on any atom is 0.255 e. The number of fused-ring (bicyclic) bond motifs is 2. The maximum absolute atomic E-state index is 14.0. The lowest BCUT2D eigenvalue weighted by Gasteiger charge is -2.37. The van der Waals surface area contributed by atoms with E-state index in [0.29, 0.717) is 44.2 Å². The van der Waals surface area contributed by atoms with Gasteiger partial charge in [0.25, 0.3) is 5.91 Å². The van der Waals surface area contributed by atoms with Gasteiger partial charge in [-0.3, -0.25) is 43.7 Å². The summed E-state index contributed by atoms with van der Waals surface area (Å²) in [7, 11) is 0. The molecule has 5 atom stereocenters. The van der Waals surface area contributed by atoms with E-state index >= 15 is 0 Å². The third-order valence-electron chi connectivity index (χ3n) is 12.7. The van der Waals surface area contributed by atoms with E-state index in [0.717, 1.165) is 35.1 Å². The summed E-state index contributed by atoms with van der Waals surface area (Å²) in [5, 5.41) is 8.20. The maximum atomic E-state index is 14.0. The monoisotopic (exact) mass is 884 g/mol. The Morgan fingerprint density at radius 2 is 1.54 bits per heavy atom. The normalized spacial score (nSPS) is 21.0. The molecular weight excluding hydrogens is 829 g/mol. The number of amides is 8. The van der Waals surface area contributed by atoms with Gasteiger partial charge in [-0.1, -0.05) is 85.0 Å². The summed E-state index contributed by atoms with van der Waals surface area (Å²) in [6.45, 7) is 0.630. The third kappa shape index (κ3) is 11.1. The Balaban J connectivity index is 0.891. The first kappa shape index (κ1) is 46.1. The van der Waals surface area contributed by atoms with Crippen molar-refractivity contribution >= 4 is 47.3 Å². The molecule has 340 valence electrons. The third-order valence-corrected chi connectivity index (χ3v) is 12.7. The second-order valence-corrected chi connectivity index (χ2v) is 17.2. The summed E-state index contributed by atoms with van der Waals surface area (Å²) in [5.74, 6) is 3.15. The molecule has 0 bridgehead atoms. The summed E-state index contributed by atoms with van der Waals surface area (Å²) < 4.78 is 0. The van der Waals surface area contributed by atoms with Gasteiger partial charge >= 0.3 is 0 Å². The highest BCUT2D eigenvalue weighted by Crippen LogP contribution is 2.31. The molecule has 2 unspecified atom stereocenters. The molecule has 16 heteroatoms. The average molecular weight is 885 g/mol. The molecule has 0 saturated carbocycles. The molecule has 0 aromatic heterocycles. The molecule has 3 aromatic rings. The van der Waals surface area contributed by atoms with Crippen molar-refractivity contribution in [2.24, 2.45) is 11.5 Å². The number of hydrogen-bond acceptors (Lipinski definition) is 9. The lowest BCUT2D eigenvalue weighted by molar-refractivity contribution is -0.145. The van der Waals surface area contributed by atoms with Gasteiger partial charge in [0.05, 0.1) is 6.04 Å². The van der Waals surface area contributed by atoms with Gasteiger partial charge in [0.2, 0.25) is 41.4 Å². The highest BCUT2D eigenvalue weighted by atomic mass is 16.2. The zero-order valence-corrected chi connectivity index (χ0v) is 36.3. The zero-order valence-electron chi connectivity index (χ0n) is 36.3. The minimum absolute atomic E-state index is 0.00950. The van der Waals surface area contributed by atoms with Gasteiger partial charge in [0, 0.05) is 62.5 Å². The Morgan fingerprint density at radius 1 is 0.815 bits per heavy atom. The van der Waals surface area contributed by atoms with Crippen LogP contribution in [0.5, 0.6) is 0 Å². The van der Waals surface area contributed by atoms with Crippen LogP contribution in [0, 0.1) is 11.8 Å². The number of carbonyl (C=O) groups excluding carboxylic acids is 8. The summed E-state index contributed by atoms with van der Waals surface area (Å²) in [4.78, 5) is 109. The van der Waals surface area contributed by atoms with Crippen LogP contribution in [0.2, 0.25) is 0 Å². The van der Waals surface area contributed by atoms with E-state index in [4.69, 9.17) is 11.5 Å². The fourth-order valence-corrected chi connectivity index (χ4v) is 9.29. The smallest absolute Gasteiger partial charge is 0.255 e. The van der Waals surface area contributed by atoms with Crippen molar-refractivity contribution in [1.29, 1.82) is 0 Å². The summed E-state index contributed by atoms with van der Waals surface area (Å²) in [6.07, 6.45) is 4.59. The fourth-order valence-electron chi connectivity index (χ4n) is 9.29. The van der Waals surface area contributed by atoms with E-state index in [-0.39, 0.29) is 69.0 Å². The number of unbranched alkanes of at least 4 members (excludes halogenated alkanes) is 3. The van der Waals surface area contributed by atoms with Gasteiger partial charge in [-0.25, -0.2) is 0 Å². The zero-order chi connectivity index (χ0) is 46.0. The van der Waals surface area contributed by atoms with Gasteiger partial charge in [0.15, 0.2) is 0 Å². The number of benzene rings is 3. The molecular formula is C49H56N8O8. The molecule has 0 aliphatic carbocycles. The molecule has 3 aromatic carbocycles. The van der Waals surface area contributed by atoms with E-state index < -0.39 is 59.7 Å². The van der Waals surface area contributed by atoms with Crippen molar-refractivity contribution in [3.05, 3.63) is 107 Å².